The van der Waals surface area contributed by atoms with Gasteiger partial charge in [0.25, 0.3) is 0 Å². The standard InChI is InChI=1S/C10H10BrClO2/c1-6(13)10(14)5-7-4-8(12)2-3-9(7)11/h2-4,6,13H,5H2,1H3. The summed E-state index contributed by atoms with van der Waals surface area (Å²) in [6.07, 6.45) is -0.736. The average Bonchev–Trinajstić information content (AvgIpc) is 2.11. The van der Waals surface area contributed by atoms with E-state index in [0.717, 1.165) is 10.0 Å². The van der Waals surface area contributed by atoms with E-state index in [1.165, 1.54) is 6.92 Å². The van der Waals surface area contributed by atoms with Crippen molar-refractivity contribution in [2.75, 3.05) is 0 Å². The molecular formula is C10H10BrClO2. The molecule has 0 amide bonds. The molecule has 2 nitrogen and oxygen atoms in total. The Morgan fingerprint density at radius 2 is 2.29 bits per heavy atom. The number of halogens is 2. The molecule has 0 aliphatic heterocycles. The molecule has 0 bridgehead atoms. The first-order valence-corrected chi connectivity index (χ1v) is 5.32. The summed E-state index contributed by atoms with van der Waals surface area (Å²) in [6, 6.07) is 5.24. The first-order valence-electron chi connectivity index (χ1n) is 4.15. The number of ketones is 1. The molecule has 1 aromatic rings. The lowest BCUT2D eigenvalue weighted by Gasteiger charge is -2.06. The largest absolute Gasteiger partial charge is 0.386 e. The molecule has 1 N–H and O–H groups in total. The second-order valence-corrected chi connectivity index (χ2v) is 4.35. The van der Waals surface area contributed by atoms with Gasteiger partial charge >= 0.3 is 0 Å². The zero-order valence-corrected chi connectivity index (χ0v) is 9.97. The molecule has 0 saturated carbocycles. The fourth-order valence-electron chi connectivity index (χ4n) is 1.01. The van der Waals surface area contributed by atoms with Crippen LogP contribution in [0.2, 0.25) is 5.02 Å². The highest BCUT2D eigenvalue weighted by Crippen LogP contribution is 2.21. The molecular weight excluding hydrogens is 267 g/mol. The van der Waals surface area contributed by atoms with E-state index in [0.29, 0.717) is 5.02 Å². The second-order valence-electron chi connectivity index (χ2n) is 3.05. The molecule has 4 heteroatoms. The summed E-state index contributed by atoms with van der Waals surface area (Å²) in [4.78, 5) is 11.3. The Labute approximate surface area is 96.0 Å². The van der Waals surface area contributed by atoms with Crippen LogP contribution in [0.25, 0.3) is 0 Å². The van der Waals surface area contributed by atoms with Crippen molar-refractivity contribution < 1.29 is 9.90 Å². The van der Waals surface area contributed by atoms with E-state index in [4.69, 9.17) is 16.7 Å². The van der Waals surface area contributed by atoms with Crippen molar-refractivity contribution in [2.45, 2.75) is 19.4 Å². The van der Waals surface area contributed by atoms with Gasteiger partial charge in [0.1, 0.15) is 6.10 Å². The van der Waals surface area contributed by atoms with Crippen molar-refractivity contribution in [3.63, 3.8) is 0 Å². The van der Waals surface area contributed by atoms with Crippen LogP contribution in [-0.2, 0) is 11.2 Å². The van der Waals surface area contributed by atoms with Gasteiger partial charge in [0.2, 0.25) is 0 Å². The first kappa shape index (κ1) is 11.7. The van der Waals surface area contributed by atoms with Crippen LogP contribution in [0.15, 0.2) is 22.7 Å². The maximum Gasteiger partial charge on any atom is 0.165 e. The molecule has 0 heterocycles. The lowest BCUT2D eigenvalue weighted by Crippen LogP contribution is -2.18. The van der Waals surface area contributed by atoms with Gasteiger partial charge in [-0.1, -0.05) is 27.5 Å². The second kappa shape index (κ2) is 4.91. The molecule has 1 unspecified atom stereocenters. The molecule has 0 fully saturated rings. The van der Waals surface area contributed by atoms with Gasteiger partial charge in [-0.2, -0.15) is 0 Å². The summed E-state index contributed by atoms with van der Waals surface area (Å²) in [7, 11) is 0. The predicted octanol–water partition coefficient (Wildman–Crippen LogP) is 2.59. The number of carbonyl (C=O) groups excluding carboxylic acids is 1. The van der Waals surface area contributed by atoms with Crippen molar-refractivity contribution in [1.29, 1.82) is 0 Å². The predicted molar refractivity (Wildman–Crippen MR) is 59.5 cm³/mol. The third kappa shape index (κ3) is 3.08. The Kier molecular flexibility index (Phi) is 4.11. The van der Waals surface area contributed by atoms with E-state index < -0.39 is 6.10 Å². The van der Waals surface area contributed by atoms with Gasteiger partial charge in [-0.15, -0.1) is 0 Å². The van der Waals surface area contributed by atoms with Crippen LogP contribution in [0.5, 0.6) is 0 Å². The number of aliphatic hydroxyl groups is 1. The lowest BCUT2D eigenvalue weighted by atomic mass is 10.1. The number of hydrogen-bond acceptors (Lipinski definition) is 2. The topological polar surface area (TPSA) is 37.3 Å². The molecule has 0 radical (unpaired) electrons. The Morgan fingerprint density at radius 1 is 1.64 bits per heavy atom. The van der Waals surface area contributed by atoms with E-state index in [-0.39, 0.29) is 12.2 Å². The van der Waals surface area contributed by atoms with Crippen LogP contribution in [0.4, 0.5) is 0 Å². The first-order chi connectivity index (χ1) is 6.50. The highest BCUT2D eigenvalue weighted by Gasteiger charge is 2.11. The van der Waals surface area contributed by atoms with Crippen molar-refractivity contribution >= 4 is 33.3 Å². The molecule has 1 rings (SSSR count). The van der Waals surface area contributed by atoms with Gasteiger partial charge in [-0.25, -0.2) is 0 Å². The van der Waals surface area contributed by atoms with Crippen LogP contribution >= 0.6 is 27.5 Å². The Morgan fingerprint density at radius 3 is 2.86 bits per heavy atom. The number of aliphatic hydroxyl groups excluding tert-OH is 1. The quantitative estimate of drug-likeness (QED) is 0.922. The Hall–Kier alpha value is -0.380. The summed E-state index contributed by atoms with van der Waals surface area (Å²) in [5, 5.41) is 9.63. The normalized spacial score (nSPS) is 12.6. The van der Waals surface area contributed by atoms with Gasteiger partial charge in [0.15, 0.2) is 5.78 Å². The summed E-state index contributed by atoms with van der Waals surface area (Å²) in [6.45, 7) is 1.46. The maximum atomic E-state index is 11.3. The van der Waals surface area contributed by atoms with Crippen molar-refractivity contribution in [1.82, 2.24) is 0 Å². The van der Waals surface area contributed by atoms with Gasteiger partial charge in [-0.05, 0) is 30.7 Å². The zero-order valence-electron chi connectivity index (χ0n) is 7.63. The third-order valence-corrected chi connectivity index (χ3v) is 2.85. The number of Topliss-reactive ketones (excluding diaryl/α,β-unsaturated/α-hetero) is 1. The van der Waals surface area contributed by atoms with Gasteiger partial charge in [0.05, 0.1) is 0 Å². The Balaban J connectivity index is 2.86. The summed E-state index contributed by atoms with van der Waals surface area (Å²) >= 11 is 9.10. The minimum Gasteiger partial charge on any atom is -0.386 e. The number of benzene rings is 1. The van der Waals surface area contributed by atoms with Gasteiger partial charge in [-0.3, -0.25) is 4.79 Å². The molecule has 0 aliphatic rings. The Bertz CT molecular complexity index is 350. The van der Waals surface area contributed by atoms with E-state index in [9.17, 15) is 4.79 Å². The van der Waals surface area contributed by atoms with Crippen LogP contribution in [0.3, 0.4) is 0 Å². The van der Waals surface area contributed by atoms with Gasteiger partial charge < -0.3 is 5.11 Å². The summed E-state index contributed by atoms with van der Waals surface area (Å²) < 4.78 is 0.830. The van der Waals surface area contributed by atoms with Crippen LogP contribution in [-0.4, -0.2) is 17.0 Å². The molecule has 14 heavy (non-hydrogen) atoms. The minimum absolute atomic E-state index is 0.193. The number of rotatable bonds is 3. The molecule has 76 valence electrons. The fourth-order valence-corrected chi connectivity index (χ4v) is 1.60. The molecule has 0 spiro atoms. The van der Waals surface area contributed by atoms with Crippen molar-refractivity contribution in [2.24, 2.45) is 0 Å². The van der Waals surface area contributed by atoms with Crippen LogP contribution < -0.4 is 0 Å². The van der Waals surface area contributed by atoms with Crippen molar-refractivity contribution in [3.05, 3.63) is 33.3 Å². The van der Waals surface area contributed by atoms with E-state index in [1.807, 2.05) is 0 Å². The molecule has 1 atom stereocenters. The molecule has 1 aromatic carbocycles. The van der Waals surface area contributed by atoms with Crippen molar-refractivity contribution in [3.8, 4) is 0 Å². The average molecular weight is 278 g/mol. The zero-order chi connectivity index (χ0) is 10.7. The highest BCUT2D eigenvalue weighted by atomic mass is 79.9. The lowest BCUT2D eigenvalue weighted by molar-refractivity contribution is -0.125. The SMILES string of the molecule is CC(O)C(=O)Cc1cc(Cl)ccc1Br. The van der Waals surface area contributed by atoms with Crippen LogP contribution in [0, 0.1) is 0 Å². The van der Waals surface area contributed by atoms with E-state index in [1.54, 1.807) is 18.2 Å². The maximum absolute atomic E-state index is 11.3. The third-order valence-electron chi connectivity index (χ3n) is 1.84. The molecule has 0 aromatic heterocycles. The monoisotopic (exact) mass is 276 g/mol. The van der Waals surface area contributed by atoms with Gasteiger partial charge in [0, 0.05) is 15.9 Å². The molecule has 0 saturated heterocycles. The van der Waals surface area contributed by atoms with E-state index >= 15 is 0 Å². The number of carbonyl (C=O) groups is 1. The van der Waals surface area contributed by atoms with E-state index in [2.05, 4.69) is 15.9 Å². The fraction of sp³-hybridized carbons (Fsp3) is 0.300. The summed E-state index contributed by atoms with van der Waals surface area (Å²) in [5.41, 5.74) is 0.795. The number of hydrogen-bond donors (Lipinski definition) is 1. The smallest absolute Gasteiger partial charge is 0.165 e. The molecule has 0 aliphatic carbocycles. The summed E-state index contributed by atoms with van der Waals surface area (Å²) in [5.74, 6) is -0.215. The highest BCUT2D eigenvalue weighted by molar-refractivity contribution is 9.10. The minimum atomic E-state index is -0.930. The van der Waals surface area contributed by atoms with Crippen LogP contribution in [0.1, 0.15) is 12.5 Å².